The van der Waals surface area contributed by atoms with E-state index in [1.807, 2.05) is 18.2 Å². The summed E-state index contributed by atoms with van der Waals surface area (Å²) >= 11 is 5.53. The lowest BCUT2D eigenvalue weighted by Gasteiger charge is -2.15. The average Bonchev–Trinajstić information content (AvgIpc) is 2.38. The van der Waals surface area contributed by atoms with Crippen LogP contribution in [0.25, 0.3) is 0 Å². The van der Waals surface area contributed by atoms with Crippen LogP contribution in [0.3, 0.4) is 0 Å². The van der Waals surface area contributed by atoms with Crippen molar-refractivity contribution in [2.75, 3.05) is 7.11 Å². The number of ether oxygens (including phenoxy) is 1. The van der Waals surface area contributed by atoms with Gasteiger partial charge in [-0.3, -0.25) is 0 Å². The van der Waals surface area contributed by atoms with Gasteiger partial charge in [0.1, 0.15) is 11.6 Å². The first-order chi connectivity index (χ1) is 9.02. The van der Waals surface area contributed by atoms with Crippen LogP contribution in [0.4, 0.5) is 4.39 Å². The Balaban J connectivity index is 2.38. The molecule has 0 spiro atoms. The summed E-state index contributed by atoms with van der Waals surface area (Å²) in [6.45, 7) is 0. The molecule has 0 amide bonds. The fourth-order valence-electron chi connectivity index (χ4n) is 1.81. The highest BCUT2D eigenvalue weighted by molar-refractivity contribution is 14.1. The number of hydrogen-bond donors (Lipinski definition) is 1. The summed E-state index contributed by atoms with van der Waals surface area (Å²) in [5.41, 5.74) is 8.08. The lowest BCUT2D eigenvalue weighted by atomic mass is 9.99. The van der Waals surface area contributed by atoms with Gasteiger partial charge in [-0.05, 0) is 73.9 Å². The van der Waals surface area contributed by atoms with Gasteiger partial charge in [0.15, 0.2) is 0 Å². The molecular weight excluding hydrogens is 424 g/mol. The lowest BCUT2D eigenvalue weighted by Crippen LogP contribution is -2.13. The molecule has 0 aliphatic carbocycles. The van der Waals surface area contributed by atoms with Gasteiger partial charge in [-0.1, -0.05) is 12.1 Å². The predicted octanol–water partition coefficient (Wildman–Crippen LogP) is 4.25. The summed E-state index contributed by atoms with van der Waals surface area (Å²) < 4.78 is 20.0. The molecule has 2 nitrogen and oxygen atoms in total. The van der Waals surface area contributed by atoms with Crippen LogP contribution in [0, 0.1) is 9.39 Å². The topological polar surface area (TPSA) is 35.2 Å². The smallest absolute Gasteiger partial charge is 0.133 e. The Bertz CT molecular complexity index is 606. The summed E-state index contributed by atoms with van der Waals surface area (Å²) in [6, 6.07) is 10.0. The zero-order valence-corrected chi connectivity index (χ0v) is 13.9. The monoisotopic (exact) mass is 435 g/mol. The summed E-state index contributed by atoms with van der Waals surface area (Å²) in [5, 5.41) is 0. The van der Waals surface area contributed by atoms with Gasteiger partial charge < -0.3 is 10.5 Å². The number of nitrogens with two attached hydrogens (primary N) is 1. The maximum atomic E-state index is 13.1. The zero-order chi connectivity index (χ0) is 14.0. The van der Waals surface area contributed by atoms with E-state index in [-0.39, 0.29) is 11.9 Å². The molecule has 5 heteroatoms. The quantitative estimate of drug-likeness (QED) is 0.731. The Kier molecular flexibility index (Phi) is 4.81. The molecule has 1 unspecified atom stereocenters. The van der Waals surface area contributed by atoms with E-state index in [1.165, 1.54) is 12.1 Å². The van der Waals surface area contributed by atoms with E-state index in [1.54, 1.807) is 13.2 Å². The SMILES string of the molecule is COc1ccc(C(N)c2ccc(F)cc2I)cc1Br. The van der Waals surface area contributed by atoms with Crippen LogP contribution in [-0.2, 0) is 0 Å². The largest absolute Gasteiger partial charge is 0.496 e. The molecule has 0 radical (unpaired) electrons. The third-order valence-electron chi connectivity index (χ3n) is 2.83. The van der Waals surface area contributed by atoms with Gasteiger partial charge in [-0.2, -0.15) is 0 Å². The Morgan fingerprint density at radius 1 is 1.26 bits per heavy atom. The van der Waals surface area contributed by atoms with Gasteiger partial charge in [0.25, 0.3) is 0 Å². The maximum absolute atomic E-state index is 13.1. The molecule has 100 valence electrons. The molecular formula is C14H12BrFINO. The minimum Gasteiger partial charge on any atom is -0.496 e. The van der Waals surface area contributed by atoms with Crippen molar-refractivity contribution in [1.82, 2.24) is 0 Å². The fourth-order valence-corrected chi connectivity index (χ4v) is 3.18. The Hall–Kier alpha value is -0.660. The van der Waals surface area contributed by atoms with Crippen LogP contribution in [0.5, 0.6) is 5.75 Å². The molecule has 2 rings (SSSR count). The molecule has 0 bridgehead atoms. The highest BCUT2D eigenvalue weighted by atomic mass is 127. The van der Waals surface area contributed by atoms with Gasteiger partial charge in [0.05, 0.1) is 17.6 Å². The van der Waals surface area contributed by atoms with Crippen molar-refractivity contribution in [2.24, 2.45) is 5.73 Å². The molecule has 1 atom stereocenters. The molecule has 0 saturated carbocycles. The van der Waals surface area contributed by atoms with E-state index < -0.39 is 0 Å². The predicted molar refractivity (Wildman–Crippen MR) is 85.8 cm³/mol. The van der Waals surface area contributed by atoms with E-state index in [0.717, 1.165) is 24.9 Å². The molecule has 2 aromatic carbocycles. The summed E-state index contributed by atoms with van der Waals surface area (Å²) in [5.74, 6) is 0.501. The first kappa shape index (κ1) is 14.7. The number of rotatable bonds is 3. The van der Waals surface area contributed by atoms with Gasteiger partial charge in [-0.25, -0.2) is 4.39 Å². The van der Waals surface area contributed by atoms with Gasteiger partial charge in [-0.15, -0.1) is 0 Å². The molecule has 0 fully saturated rings. The zero-order valence-electron chi connectivity index (χ0n) is 10.2. The van der Waals surface area contributed by atoms with Crippen LogP contribution < -0.4 is 10.5 Å². The van der Waals surface area contributed by atoms with Crippen molar-refractivity contribution in [1.29, 1.82) is 0 Å². The first-order valence-electron chi connectivity index (χ1n) is 5.57. The second-order valence-corrected chi connectivity index (χ2v) is 6.05. The minimum atomic E-state index is -0.297. The van der Waals surface area contributed by atoms with Crippen LogP contribution in [0.2, 0.25) is 0 Å². The summed E-state index contributed by atoms with van der Waals surface area (Å²) in [6.07, 6.45) is 0. The molecule has 0 heterocycles. The van der Waals surface area contributed by atoms with Crippen molar-refractivity contribution in [3.63, 3.8) is 0 Å². The third kappa shape index (κ3) is 3.27. The number of halogens is 3. The van der Waals surface area contributed by atoms with Crippen LogP contribution in [0.15, 0.2) is 40.9 Å². The molecule has 19 heavy (non-hydrogen) atoms. The highest BCUT2D eigenvalue weighted by Crippen LogP contribution is 2.31. The number of benzene rings is 2. The van der Waals surface area contributed by atoms with Gasteiger partial charge in [0.2, 0.25) is 0 Å². The molecule has 2 aromatic rings. The molecule has 0 saturated heterocycles. The Morgan fingerprint density at radius 2 is 2.00 bits per heavy atom. The average molecular weight is 436 g/mol. The van der Waals surface area contributed by atoms with Crippen molar-refractivity contribution in [2.45, 2.75) is 6.04 Å². The Labute approximate surface area is 133 Å². The first-order valence-corrected chi connectivity index (χ1v) is 7.44. The minimum absolute atomic E-state index is 0.253. The number of hydrogen-bond acceptors (Lipinski definition) is 2. The summed E-state index contributed by atoms with van der Waals surface area (Å²) in [7, 11) is 1.61. The van der Waals surface area contributed by atoms with E-state index >= 15 is 0 Å². The fraction of sp³-hybridized carbons (Fsp3) is 0.143. The van der Waals surface area contributed by atoms with Crippen molar-refractivity contribution in [3.8, 4) is 5.75 Å². The van der Waals surface area contributed by atoms with E-state index in [9.17, 15) is 4.39 Å². The molecule has 0 aliphatic rings. The van der Waals surface area contributed by atoms with Crippen LogP contribution in [-0.4, -0.2) is 7.11 Å². The van der Waals surface area contributed by atoms with Gasteiger partial charge >= 0.3 is 0 Å². The summed E-state index contributed by atoms with van der Waals surface area (Å²) in [4.78, 5) is 0. The normalized spacial score (nSPS) is 12.3. The van der Waals surface area contributed by atoms with E-state index in [2.05, 4.69) is 38.5 Å². The van der Waals surface area contributed by atoms with Crippen LogP contribution in [0.1, 0.15) is 17.2 Å². The molecule has 0 aromatic heterocycles. The Morgan fingerprint density at radius 3 is 2.58 bits per heavy atom. The van der Waals surface area contributed by atoms with E-state index in [0.29, 0.717) is 0 Å². The highest BCUT2D eigenvalue weighted by Gasteiger charge is 2.14. The standard InChI is InChI=1S/C14H12BrFINO/c1-19-13-5-2-8(6-11(13)15)14(18)10-4-3-9(16)7-12(10)17/h2-7,14H,18H2,1H3. The van der Waals surface area contributed by atoms with E-state index in [4.69, 9.17) is 10.5 Å². The van der Waals surface area contributed by atoms with Crippen LogP contribution >= 0.6 is 38.5 Å². The third-order valence-corrected chi connectivity index (χ3v) is 4.39. The van der Waals surface area contributed by atoms with Crippen molar-refractivity contribution >= 4 is 38.5 Å². The molecule has 2 N–H and O–H groups in total. The van der Waals surface area contributed by atoms with Crippen molar-refractivity contribution < 1.29 is 9.13 Å². The lowest BCUT2D eigenvalue weighted by molar-refractivity contribution is 0.412. The second-order valence-electron chi connectivity index (χ2n) is 4.04. The molecule has 0 aliphatic heterocycles. The second kappa shape index (κ2) is 6.19. The maximum Gasteiger partial charge on any atom is 0.133 e. The number of methoxy groups -OCH3 is 1. The van der Waals surface area contributed by atoms with Gasteiger partial charge in [0, 0.05) is 3.57 Å². The van der Waals surface area contributed by atoms with Crippen molar-refractivity contribution in [3.05, 3.63) is 61.4 Å².